The van der Waals surface area contributed by atoms with E-state index in [2.05, 4.69) is 22.8 Å². The smallest absolute Gasteiger partial charge is 0.224 e. The summed E-state index contributed by atoms with van der Waals surface area (Å²) in [4.78, 5) is 11.3. The van der Waals surface area contributed by atoms with E-state index in [-0.39, 0.29) is 5.91 Å². The second-order valence-electron chi connectivity index (χ2n) is 5.43. The average molecular weight is 260 g/mol. The van der Waals surface area contributed by atoms with Crippen LogP contribution in [0.3, 0.4) is 0 Å². The van der Waals surface area contributed by atoms with Gasteiger partial charge >= 0.3 is 0 Å². The molecule has 19 heavy (non-hydrogen) atoms. The van der Waals surface area contributed by atoms with E-state index < -0.39 is 0 Å². The van der Waals surface area contributed by atoms with Crippen molar-refractivity contribution < 1.29 is 4.79 Å². The summed E-state index contributed by atoms with van der Waals surface area (Å²) in [5.41, 5.74) is 2.22. The van der Waals surface area contributed by atoms with Crippen LogP contribution in [-0.2, 0) is 11.2 Å². The molecule has 1 aliphatic rings. The summed E-state index contributed by atoms with van der Waals surface area (Å²) in [6.07, 6.45) is 7.36. The lowest BCUT2D eigenvalue weighted by Crippen LogP contribution is -2.20. The third kappa shape index (κ3) is 4.58. The maximum absolute atomic E-state index is 11.3. The van der Waals surface area contributed by atoms with Gasteiger partial charge in [0.2, 0.25) is 5.91 Å². The van der Waals surface area contributed by atoms with Crippen LogP contribution in [0.4, 0.5) is 5.69 Å². The van der Waals surface area contributed by atoms with E-state index in [1.807, 2.05) is 12.1 Å². The number of anilines is 1. The summed E-state index contributed by atoms with van der Waals surface area (Å²) in [6, 6.07) is 8.19. The molecule has 0 atom stereocenters. The van der Waals surface area contributed by atoms with Gasteiger partial charge in [0.25, 0.3) is 0 Å². The lowest BCUT2D eigenvalue weighted by molar-refractivity contribution is -0.119. The average Bonchev–Trinajstić information content (AvgIpc) is 2.47. The largest absolute Gasteiger partial charge is 0.385 e. The van der Waals surface area contributed by atoms with Crippen molar-refractivity contribution in [2.75, 3.05) is 18.9 Å². The van der Waals surface area contributed by atoms with Gasteiger partial charge in [0.1, 0.15) is 0 Å². The fourth-order valence-electron chi connectivity index (χ4n) is 2.67. The Balaban J connectivity index is 1.79. The number of benzene rings is 1. The highest BCUT2D eigenvalue weighted by Crippen LogP contribution is 2.24. The van der Waals surface area contributed by atoms with Gasteiger partial charge in [-0.25, -0.2) is 0 Å². The quantitative estimate of drug-likeness (QED) is 0.854. The van der Waals surface area contributed by atoms with Gasteiger partial charge in [-0.3, -0.25) is 4.79 Å². The monoisotopic (exact) mass is 260 g/mol. The van der Waals surface area contributed by atoms with Crippen LogP contribution in [0.25, 0.3) is 0 Å². The standard InChI is InChI=1S/C16H24N2O/c1-17-16(19)11-13-7-9-15(10-8-13)18-12-14-5-3-2-4-6-14/h7-10,14,18H,2-6,11-12H2,1H3,(H,17,19). The number of hydrogen-bond acceptors (Lipinski definition) is 2. The summed E-state index contributed by atoms with van der Waals surface area (Å²) in [6.45, 7) is 1.08. The molecular weight excluding hydrogens is 236 g/mol. The molecule has 3 heteroatoms. The highest BCUT2D eigenvalue weighted by molar-refractivity contribution is 5.78. The molecule has 0 unspecified atom stereocenters. The molecule has 0 heterocycles. The summed E-state index contributed by atoms with van der Waals surface area (Å²) < 4.78 is 0. The SMILES string of the molecule is CNC(=O)Cc1ccc(NCC2CCCCC2)cc1. The first-order chi connectivity index (χ1) is 9.28. The first-order valence-electron chi connectivity index (χ1n) is 7.31. The van der Waals surface area contributed by atoms with Crippen molar-refractivity contribution in [1.82, 2.24) is 5.32 Å². The van der Waals surface area contributed by atoms with Gasteiger partial charge in [-0.2, -0.15) is 0 Å². The van der Waals surface area contributed by atoms with E-state index in [1.54, 1.807) is 7.05 Å². The molecule has 0 spiro atoms. The van der Waals surface area contributed by atoms with E-state index in [0.29, 0.717) is 6.42 Å². The number of nitrogens with one attached hydrogen (secondary N) is 2. The Bertz CT molecular complexity index is 394. The van der Waals surface area contributed by atoms with Gasteiger partial charge in [-0.15, -0.1) is 0 Å². The van der Waals surface area contributed by atoms with Crippen molar-refractivity contribution in [1.29, 1.82) is 0 Å². The predicted molar refractivity (Wildman–Crippen MR) is 79.3 cm³/mol. The fourth-order valence-corrected chi connectivity index (χ4v) is 2.67. The van der Waals surface area contributed by atoms with Crippen LogP contribution in [0.5, 0.6) is 0 Å². The van der Waals surface area contributed by atoms with E-state index in [1.165, 1.54) is 32.1 Å². The third-order valence-corrected chi connectivity index (χ3v) is 3.92. The first-order valence-corrected chi connectivity index (χ1v) is 7.31. The molecule has 0 aromatic heterocycles. The lowest BCUT2D eigenvalue weighted by atomic mass is 9.89. The number of amides is 1. The molecule has 1 aliphatic carbocycles. The molecule has 1 fully saturated rings. The molecule has 0 radical (unpaired) electrons. The Morgan fingerprint density at radius 3 is 2.47 bits per heavy atom. The van der Waals surface area contributed by atoms with Gasteiger partial charge in [0.15, 0.2) is 0 Å². The van der Waals surface area contributed by atoms with Gasteiger partial charge in [0.05, 0.1) is 6.42 Å². The Labute approximate surface area is 115 Å². The van der Waals surface area contributed by atoms with E-state index in [0.717, 1.165) is 23.7 Å². The van der Waals surface area contributed by atoms with Crippen molar-refractivity contribution in [3.63, 3.8) is 0 Å². The van der Waals surface area contributed by atoms with E-state index >= 15 is 0 Å². The normalized spacial score (nSPS) is 16.1. The Hall–Kier alpha value is -1.51. The zero-order valence-electron chi connectivity index (χ0n) is 11.7. The molecular formula is C16H24N2O. The first kappa shape index (κ1) is 13.9. The van der Waals surface area contributed by atoms with E-state index in [9.17, 15) is 4.79 Å². The Morgan fingerprint density at radius 2 is 1.84 bits per heavy atom. The van der Waals surface area contributed by atoms with Gasteiger partial charge in [0, 0.05) is 19.3 Å². The molecule has 0 aliphatic heterocycles. The molecule has 1 aromatic carbocycles. The molecule has 1 aromatic rings. The number of likely N-dealkylation sites (N-methyl/N-ethyl adjacent to an activating group) is 1. The molecule has 1 saturated carbocycles. The van der Waals surface area contributed by atoms with Gasteiger partial charge in [-0.1, -0.05) is 31.4 Å². The third-order valence-electron chi connectivity index (χ3n) is 3.92. The maximum Gasteiger partial charge on any atom is 0.224 e. The molecule has 1 amide bonds. The second-order valence-corrected chi connectivity index (χ2v) is 5.43. The zero-order chi connectivity index (χ0) is 13.5. The number of hydrogen-bond donors (Lipinski definition) is 2. The summed E-state index contributed by atoms with van der Waals surface area (Å²) >= 11 is 0. The minimum Gasteiger partial charge on any atom is -0.385 e. The minimum absolute atomic E-state index is 0.0583. The zero-order valence-corrected chi connectivity index (χ0v) is 11.7. The molecule has 2 rings (SSSR count). The summed E-state index contributed by atoms with van der Waals surface area (Å²) in [5, 5.41) is 6.15. The minimum atomic E-state index is 0.0583. The number of carbonyl (C=O) groups is 1. The molecule has 2 N–H and O–H groups in total. The predicted octanol–water partition coefficient (Wildman–Crippen LogP) is 2.97. The molecule has 3 nitrogen and oxygen atoms in total. The topological polar surface area (TPSA) is 41.1 Å². The highest BCUT2D eigenvalue weighted by atomic mass is 16.1. The molecule has 0 bridgehead atoms. The van der Waals surface area contributed by atoms with Gasteiger partial charge < -0.3 is 10.6 Å². The fraction of sp³-hybridized carbons (Fsp3) is 0.562. The van der Waals surface area contributed by atoms with Crippen LogP contribution < -0.4 is 10.6 Å². The van der Waals surface area contributed by atoms with Crippen LogP contribution in [0, 0.1) is 5.92 Å². The highest BCUT2D eigenvalue weighted by Gasteiger charge is 2.12. The van der Waals surface area contributed by atoms with Crippen molar-refractivity contribution in [3.8, 4) is 0 Å². The Kier molecular flexibility index (Phi) is 5.25. The lowest BCUT2D eigenvalue weighted by Gasteiger charge is -2.22. The van der Waals surface area contributed by atoms with Crippen LogP contribution in [0.2, 0.25) is 0 Å². The number of rotatable bonds is 5. The molecule has 0 saturated heterocycles. The van der Waals surface area contributed by atoms with Gasteiger partial charge in [-0.05, 0) is 36.5 Å². The molecule has 104 valence electrons. The second kappa shape index (κ2) is 7.17. The van der Waals surface area contributed by atoms with Crippen molar-refractivity contribution >= 4 is 11.6 Å². The van der Waals surface area contributed by atoms with Crippen LogP contribution in [0.15, 0.2) is 24.3 Å². The summed E-state index contributed by atoms with van der Waals surface area (Å²) in [7, 11) is 1.67. The Morgan fingerprint density at radius 1 is 1.16 bits per heavy atom. The van der Waals surface area contributed by atoms with Crippen LogP contribution in [0.1, 0.15) is 37.7 Å². The summed E-state index contributed by atoms with van der Waals surface area (Å²) in [5.74, 6) is 0.891. The van der Waals surface area contributed by atoms with Crippen molar-refractivity contribution in [2.45, 2.75) is 38.5 Å². The van der Waals surface area contributed by atoms with Crippen molar-refractivity contribution in [2.24, 2.45) is 5.92 Å². The van der Waals surface area contributed by atoms with Crippen LogP contribution in [-0.4, -0.2) is 19.5 Å². The van der Waals surface area contributed by atoms with Crippen LogP contribution >= 0.6 is 0 Å². The van der Waals surface area contributed by atoms with Crippen molar-refractivity contribution in [3.05, 3.63) is 29.8 Å². The number of carbonyl (C=O) groups excluding carboxylic acids is 1. The maximum atomic E-state index is 11.3. The van der Waals surface area contributed by atoms with E-state index in [4.69, 9.17) is 0 Å².